The van der Waals surface area contributed by atoms with Crippen molar-refractivity contribution in [1.29, 1.82) is 0 Å². The lowest BCUT2D eigenvalue weighted by Gasteiger charge is -2.21. The highest BCUT2D eigenvalue weighted by atomic mass is 16.5. The van der Waals surface area contributed by atoms with Crippen LogP contribution in [0.15, 0.2) is 24.3 Å². The van der Waals surface area contributed by atoms with Gasteiger partial charge in [0, 0.05) is 11.4 Å². The van der Waals surface area contributed by atoms with Gasteiger partial charge in [-0.2, -0.15) is 0 Å². The first-order valence-corrected chi connectivity index (χ1v) is 15.9. The number of amides is 2. The monoisotopic (exact) mass is 614 g/mol. The molecule has 0 radical (unpaired) electrons. The number of carbonyl (C=O) groups excluding carboxylic acids is 2. The van der Waals surface area contributed by atoms with E-state index >= 15 is 0 Å². The van der Waals surface area contributed by atoms with Crippen molar-refractivity contribution in [3.8, 4) is 0 Å². The minimum absolute atomic E-state index is 0.0197. The predicted molar refractivity (Wildman–Crippen MR) is 173 cm³/mol. The molecule has 1 fully saturated rings. The highest BCUT2D eigenvalue weighted by Gasteiger charge is 2.18. The van der Waals surface area contributed by atoms with Crippen molar-refractivity contribution >= 4 is 23.2 Å². The number of quaternary nitrogens is 2. The van der Waals surface area contributed by atoms with E-state index in [-0.39, 0.29) is 11.8 Å². The number of ether oxygens (including phenoxy) is 4. The zero-order chi connectivity index (χ0) is 31.9. The summed E-state index contributed by atoms with van der Waals surface area (Å²) in [6, 6.07) is 8.34. The Bertz CT molecular complexity index is 1060. The molecule has 2 aromatic carbocycles. The first-order chi connectivity index (χ1) is 21.1. The highest BCUT2D eigenvalue weighted by molar-refractivity contribution is 5.93. The van der Waals surface area contributed by atoms with Gasteiger partial charge in [-0.05, 0) is 63.8 Å². The number of rotatable bonds is 6. The van der Waals surface area contributed by atoms with E-state index in [1.165, 1.54) is 11.1 Å². The Morgan fingerprint density at radius 2 is 0.795 bits per heavy atom. The quantitative estimate of drug-likeness (QED) is 0.387. The first-order valence-electron chi connectivity index (χ1n) is 15.9. The Kier molecular flexibility index (Phi) is 15.2. The normalized spacial score (nSPS) is 19.9. The van der Waals surface area contributed by atoms with Gasteiger partial charge in [0.2, 0.25) is 0 Å². The zero-order valence-corrected chi connectivity index (χ0v) is 27.7. The lowest BCUT2D eigenvalue weighted by molar-refractivity contribution is -0.893. The molecule has 244 valence electrons. The van der Waals surface area contributed by atoms with Crippen LogP contribution in [-0.2, 0) is 28.5 Å². The largest absolute Gasteiger partial charge is 0.373 e. The number of benzene rings is 2. The summed E-state index contributed by atoms with van der Waals surface area (Å²) >= 11 is 0. The van der Waals surface area contributed by atoms with Crippen LogP contribution < -0.4 is 20.4 Å². The molecule has 0 aliphatic carbocycles. The molecule has 44 heavy (non-hydrogen) atoms. The van der Waals surface area contributed by atoms with Crippen LogP contribution in [0, 0.1) is 41.5 Å². The Morgan fingerprint density at radius 1 is 0.523 bits per heavy atom. The minimum Gasteiger partial charge on any atom is -0.373 e. The van der Waals surface area contributed by atoms with Crippen LogP contribution in [0.3, 0.4) is 0 Å². The number of hydrogen-bond acceptors (Lipinski definition) is 6. The van der Waals surface area contributed by atoms with Crippen LogP contribution in [0.4, 0.5) is 11.4 Å². The number of nitrogens with one attached hydrogen (secondary N) is 4. The van der Waals surface area contributed by atoms with Gasteiger partial charge in [0.1, 0.15) is 26.2 Å². The van der Waals surface area contributed by atoms with Gasteiger partial charge in [-0.3, -0.25) is 9.59 Å². The SMILES string of the molecule is Cc1cc(C)c(NC(=O)C[NH+]2CCOCCOCC[NH+](CC(=O)Nc3c(C)cc(C)cc3C)CCOCCOCC2)c(C)c1. The highest BCUT2D eigenvalue weighted by Crippen LogP contribution is 2.22. The molecule has 2 aromatic rings. The molecule has 1 aliphatic rings. The molecule has 3 rings (SSSR count). The molecular weight excluding hydrogens is 560 g/mol. The molecule has 1 saturated heterocycles. The molecule has 10 heteroatoms. The van der Waals surface area contributed by atoms with E-state index in [1.807, 2.05) is 27.7 Å². The molecular formula is C34H54N4O6+2. The number of carbonyl (C=O) groups is 2. The standard InChI is InChI=1S/C34H52N4O6/c1-25-19-27(3)33(28(4)20-25)35-31(39)23-37-7-11-41-15-17-43-13-9-38(10-14-44-18-16-42-12-8-37)24-32(40)36-34-29(5)21-26(2)22-30(34)6/h19-22H,7-18,23-24H2,1-6H3,(H,35,39)(H,36,40)/p+2. The maximum atomic E-state index is 12.9. The summed E-state index contributed by atoms with van der Waals surface area (Å²) in [5.41, 5.74) is 8.42. The van der Waals surface area contributed by atoms with Gasteiger partial charge in [-0.25, -0.2) is 0 Å². The second kappa shape index (κ2) is 18.8. The second-order valence-electron chi connectivity index (χ2n) is 11.9. The Morgan fingerprint density at radius 3 is 1.07 bits per heavy atom. The predicted octanol–water partition coefficient (Wildman–Crippen LogP) is 0.964. The van der Waals surface area contributed by atoms with E-state index in [1.54, 1.807) is 0 Å². The second-order valence-corrected chi connectivity index (χ2v) is 11.9. The third-order valence-electron chi connectivity index (χ3n) is 7.85. The smallest absolute Gasteiger partial charge is 0.279 e. The zero-order valence-electron chi connectivity index (χ0n) is 27.7. The molecule has 1 aliphatic heterocycles. The lowest BCUT2D eigenvalue weighted by atomic mass is 10.1. The molecule has 2 amide bonds. The molecule has 4 N–H and O–H groups in total. The molecule has 0 unspecified atom stereocenters. The van der Waals surface area contributed by atoms with Crippen LogP contribution in [0.2, 0.25) is 0 Å². The summed E-state index contributed by atoms with van der Waals surface area (Å²) < 4.78 is 23.4. The third kappa shape index (κ3) is 12.6. The van der Waals surface area contributed by atoms with E-state index in [2.05, 4.69) is 48.7 Å². The Labute approximate surface area is 263 Å². The van der Waals surface area contributed by atoms with Gasteiger partial charge < -0.3 is 39.4 Å². The van der Waals surface area contributed by atoms with Gasteiger partial charge >= 0.3 is 0 Å². The summed E-state index contributed by atoms with van der Waals surface area (Å²) in [6.45, 7) is 19.6. The van der Waals surface area contributed by atoms with Gasteiger partial charge in [-0.15, -0.1) is 0 Å². The van der Waals surface area contributed by atoms with E-state index in [9.17, 15) is 9.59 Å². The van der Waals surface area contributed by atoms with Gasteiger partial charge in [-0.1, -0.05) is 35.4 Å². The summed E-state index contributed by atoms with van der Waals surface area (Å²) in [4.78, 5) is 28.1. The van der Waals surface area contributed by atoms with Crippen molar-refractivity contribution < 1.29 is 38.3 Å². The maximum absolute atomic E-state index is 12.9. The topological polar surface area (TPSA) is 104 Å². The molecule has 10 nitrogen and oxygen atoms in total. The summed E-state index contributed by atoms with van der Waals surface area (Å²) in [5.74, 6) is -0.0394. The summed E-state index contributed by atoms with van der Waals surface area (Å²) in [5, 5.41) is 6.22. The average molecular weight is 615 g/mol. The maximum Gasteiger partial charge on any atom is 0.279 e. The number of hydrogen-bond donors (Lipinski definition) is 4. The van der Waals surface area contributed by atoms with E-state index in [4.69, 9.17) is 18.9 Å². The van der Waals surface area contributed by atoms with Crippen LogP contribution >= 0.6 is 0 Å². The van der Waals surface area contributed by atoms with Crippen LogP contribution in [0.25, 0.3) is 0 Å². The summed E-state index contributed by atoms with van der Waals surface area (Å²) in [6.07, 6.45) is 0. The van der Waals surface area contributed by atoms with Crippen molar-refractivity contribution in [2.45, 2.75) is 41.5 Å². The Hall–Kier alpha value is -2.86. The van der Waals surface area contributed by atoms with E-state index in [0.29, 0.717) is 92.1 Å². The van der Waals surface area contributed by atoms with Gasteiger partial charge in [0.25, 0.3) is 11.8 Å². The van der Waals surface area contributed by atoms with Crippen LogP contribution in [-0.4, -0.2) is 104 Å². The Balaban J connectivity index is 1.46. The molecule has 0 saturated carbocycles. The fraction of sp³-hybridized carbons (Fsp3) is 0.588. The van der Waals surface area contributed by atoms with Crippen molar-refractivity contribution in [2.75, 3.05) is 103 Å². The van der Waals surface area contributed by atoms with Crippen molar-refractivity contribution in [3.05, 3.63) is 57.6 Å². The van der Waals surface area contributed by atoms with E-state index < -0.39 is 0 Å². The number of anilines is 2. The van der Waals surface area contributed by atoms with Crippen LogP contribution in [0.5, 0.6) is 0 Å². The van der Waals surface area contributed by atoms with Crippen molar-refractivity contribution in [3.63, 3.8) is 0 Å². The first kappa shape index (κ1) is 35.6. The molecule has 0 bridgehead atoms. The molecule has 1 heterocycles. The molecule has 0 atom stereocenters. The van der Waals surface area contributed by atoms with Crippen molar-refractivity contribution in [1.82, 2.24) is 0 Å². The minimum atomic E-state index is -0.0197. The van der Waals surface area contributed by atoms with Crippen LogP contribution in [0.1, 0.15) is 33.4 Å². The fourth-order valence-electron chi connectivity index (χ4n) is 5.69. The van der Waals surface area contributed by atoms with E-state index in [0.717, 1.165) is 43.4 Å². The third-order valence-corrected chi connectivity index (χ3v) is 7.85. The average Bonchev–Trinajstić information content (AvgIpc) is 2.94. The number of aryl methyl sites for hydroxylation is 6. The van der Waals surface area contributed by atoms with Gasteiger partial charge in [0.05, 0.1) is 52.9 Å². The van der Waals surface area contributed by atoms with Gasteiger partial charge in [0.15, 0.2) is 13.1 Å². The fourth-order valence-corrected chi connectivity index (χ4v) is 5.69. The molecule has 0 spiro atoms. The lowest BCUT2D eigenvalue weighted by Crippen LogP contribution is -3.14. The molecule has 0 aromatic heterocycles. The summed E-state index contributed by atoms with van der Waals surface area (Å²) in [7, 11) is 0. The van der Waals surface area contributed by atoms with Crippen molar-refractivity contribution in [2.24, 2.45) is 0 Å².